The van der Waals surface area contributed by atoms with Crippen LogP contribution in [-0.2, 0) is 0 Å². The topological polar surface area (TPSA) is 21.3 Å². The van der Waals surface area contributed by atoms with Gasteiger partial charge in [0, 0.05) is 12.2 Å². The van der Waals surface area contributed by atoms with E-state index in [1.165, 1.54) is 6.42 Å². The molecule has 0 aliphatic rings. The van der Waals surface area contributed by atoms with Crippen LogP contribution < -0.4 is 10.1 Å². The number of nitrogens with one attached hydrogen (secondary N) is 1. The van der Waals surface area contributed by atoms with Gasteiger partial charge in [-0.15, -0.1) is 0 Å². The van der Waals surface area contributed by atoms with Crippen LogP contribution >= 0.6 is 0 Å². The molecule has 1 N–H and O–H groups in total. The monoisotopic (exact) mass is 193 g/mol. The van der Waals surface area contributed by atoms with Gasteiger partial charge in [0.25, 0.3) is 0 Å². The number of hydrogen-bond donors (Lipinski definition) is 1. The van der Waals surface area contributed by atoms with Crippen molar-refractivity contribution < 1.29 is 4.74 Å². The van der Waals surface area contributed by atoms with Gasteiger partial charge in [-0.25, -0.2) is 0 Å². The maximum atomic E-state index is 5.09. The van der Waals surface area contributed by atoms with Gasteiger partial charge in [-0.3, -0.25) is 0 Å². The van der Waals surface area contributed by atoms with Gasteiger partial charge in [0.1, 0.15) is 5.75 Å². The largest absolute Gasteiger partial charge is 0.497 e. The molecule has 0 saturated carbocycles. The highest BCUT2D eigenvalue weighted by Gasteiger charge is 1.98. The Morgan fingerprint density at radius 2 is 1.93 bits per heavy atom. The van der Waals surface area contributed by atoms with Gasteiger partial charge in [0.05, 0.1) is 7.11 Å². The Morgan fingerprint density at radius 3 is 2.43 bits per heavy atom. The zero-order valence-electron chi connectivity index (χ0n) is 9.21. The predicted molar refractivity (Wildman–Crippen MR) is 60.9 cm³/mol. The Kier molecular flexibility index (Phi) is 4.30. The van der Waals surface area contributed by atoms with Crippen LogP contribution in [0.25, 0.3) is 0 Å². The van der Waals surface area contributed by atoms with E-state index in [-0.39, 0.29) is 0 Å². The van der Waals surface area contributed by atoms with Crippen LogP contribution in [0.15, 0.2) is 24.3 Å². The number of anilines is 1. The average Bonchev–Trinajstić information content (AvgIpc) is 2.26. The summed E-state index contributed by atoms with van der Waals surface area (Å²) < 4.78 is 5.09. The molecule has 0 heterocycles. The minimum absolute atomic E-state index is 0.720. The first-order chi connectivity index (χ1) is 6.76. The van der Waals surface area contributed by atoms with E-state index in [4.69, 9.17) is 4.74 Å². The minimum atomic E-state index is 0.720. The summed E-state index contributed by atoms with van der Waals surface area (Å²) in [4.78, 5) is 0. The lowest BCUT2D eigenvalue weighted by Gasteiger charge is -2.11. The lowest BCUT2D eigenvalue weighted by atomic mass is 10.1. The Bertz CT molecular complexity index is 256. The predicted octanol–water partition coefficient (Wildman–Crippen LogP) is 3.15. The first kappa shape index (κ1) is 10.9. The summed E-state index contributed by atoms with van der Waals surface area (Å²) in [6.45, 7) is 5.49. The molecule has 78 valence electrons. The highest BCUT2D eigenvalue weighted by Crippen LogP contribution is 2.15. The van der Waals surface area contributed by atoms with Crippen molar-refractivity contribution in [2.24, 2.45) is 5.92 Å². The van der Waals surface area contributed by atoms with Crippen molar-refractivity contribution in [3.05, 3.63) is 24.3 Å². The summed E-state index contributed by atoms with van der Waals surface area (Å²) in [6.07, 6.45) is 1.21. The molecule has 0 aromatic heterocycles. The van der Waals surface area contributed by atoms with Crippen molar-refractivity contribution in [3.63, 3.8) is 0 Å². The van der Waals surface area contributed by atoms with Gasteiger partial charge < -0.3 is 10.1 Å². The van der Waals surface area contributed by atoms with E-state index in [1.807, 2.05) is 24.3 Å². The Morgan fingerprint density at radius 1 is 1.29 bits per heavy atom. The van der Waals surface area contributed by atoms with Crippen molar-refractivity contribution in [1.82, 2.24) is 0 Å². The summed E-state index contributed by atoms with van der Waals surface area (Å²) >= 11 is 0. The zero-order valence-corrected chi connectivity index (χ0v) is 9.21. The molecule has 0 bridgehead atoms. The molecule has 0 saturated heterocycles. The van der Waals surface area contributed by atoms with Crippen molar-refractivity contribution in [1.29, 1.82) is 0 Å². The van der Waals surface area contributed by atoms with Crippen molar-refractivity contribution >= 4 is 5.69 Å². The van der Waals surface area contributed by atoms with Crippen LogP contribution in [0.4, 0.5) is 5.69 Å². The maximum Gasteiger partial charge on any atom is 0.119 e. The van der Waals surface area contributed by atoms with Crippen LogP contribution in [0, 0.1) is 5.92 Å². The highest BCUT2D eigenvalue weighted by atomic mass is 16.5. The minimum Gasteiger partial charge on any atom is -0.497 e. The third kappa shape index (κ3) is 3.29. The molecule has 1 aromatic carbocycles. The molecule has 0 amide bonds. The van der Waals surface area contributed by atoms with Crippen LogP contribution in [-0.4, -0.2) is 13.7 Å². The Balaban J connectivity index is 2.43. The number of ether oxygens (including phenoxy) is 1. The van der Waals surface area contributed by atoms with Gasteiger partial charge in [-0.1, -0.05) is 20.3 Å². The van der Waals surface area contributed by atoms with Crippen molar-refractivity contribution in [2.45, 2.75) is 20.3 Å². The summed E-state index contributed by atoms with van der Waals surface area (Å²) in [7, 11) is 1.68. The van der Waals surface area contributed by atoms with E-state index < -0.39 is 0 Å². The fourth-order valence-corrected chi connectivity index (χ4v) is 1.15. The Hall–Kier alpha value is -1.18. The molecule has 0 spiro atoms. The lowest BCUT2D eigenvalue weighted by Crippen LogP contribution is -2.09. The molecule has 0 fully saturated rings. The van der Waals surface area contributed by atoms with Crippen LogP contribution in [0.2, 0.25) is 0 Å². The van der Waals surface area contributed by atoms with Gasteiger partial charge in [-0.05, 0) is 30.2 Å². The maximum absolute atomic E-state index is 5.09. The van der Waals surface area contributed by atoms with Gasteiger partial charge in [0.15, 0.2) is 0 Å². The van der Waals surface area contributed by atoms with Crippen molar-refractivity contribution in [2.75, 3.05) is 19.0 Å². The van der Waals surface area contributed by atoms with E-state index in [0.717, 1.165) is 23.9 Å². The van der Waals surface area contributed by atoms with Crippen LogP contribution in [0.3, 0.4) is 0 Å². The van der Waals surface area contributed by atoms with E-state index in [1.54, 1.807) is 7.11 Å². The van der Waals surface area contributed by atoms with E-state index in [9.17, 15) is 0 Å². The summed E-state index contributed by atoms with van der Waals surface area (Å²) in [5, 5.41) is 3.39. The molecule has 2 heteroatoms. The van der Waals surface area contributed by atoms with Crippen molar-refractivity contribution in [3.8, 4) is 5.75 Å². The first-order valence-electron chi connectivity index (χ1n) is 5.14. The SMILES string of the molecule is CCC(C)CNc1ccc(OC)cc1. The number of benzene rings is 1. The van der Waals surface area contributed by atoms with E-state index in [0.29, 0.717) is 0 Å². The molecular weight excluding hydrogens is 174 g/mol. The van der Waals surface area contributed by atoms with E-state index in [2.05, 4.69) is 19.2 Å². The molecule has 1 aromatic rings. The second kappa shape index (κ2) is 5.53. The molecule has 14 heavy (non-hydrogen) atoms. The smallest absolute Gasteiger partial charge is 0.119 e. The molecule has 1 atom stereocenters. The quantitative estimate of drug-likeness (QED) is 0.775. The summed E-state index contributed by atoms with van der Waals surface area (Å²) in [6, 6.07) is 8.03. The third-order valence-electron chi connectivity index (χ3n) is 2.44. The van der Waals surface area contributed by atoms with E-state index >= 15 is 0 Å². The summed E-state index contributed by atoms with van der Waals surface area (Å²) in [5.74, 6) is 1.62. The first-order valence-corrected chi connectivity index (χ1v) is 5.14. The normalized spacial score (nSPS) is 12.2. The number of hydrogen-bond acceptors (Lipinski definition) is 2. The van der Waals surface area contributed by atoms with Crippen LogP contribution in [0.1, 0.15) is 20.3 Å². The van der Waals surface area contributed by atoms with Gasteiger partial charge >= 0.3 is 0 Å². The standard InChI is InChI=1S/C12H19NO/c1-4-10(2)9-13-11-5-7-12(14-3)8-6-11/h5-8,10,13H,4,9H2,1-3H3. The molecule has 0 radical (unpaired) electrons. The third-order valence-corrected chi connectivity index (χ3v) is 2.44. The molecule has 1 unspecified atom stereocenters. The second-order valence-electron chi connectivity index (χ2n) is 3.62. The number of methoxy groups -OCH3 is 1. The molecule has 0 aliphatic carbocycles. The molecule has 0 aliphatic heterocycles. The summed E-state index contributed by atoms with van der Waals surface area (Å²) in [5.41, 5.74) is 1.16. The van der Waals surface area contributed by atoms with Gasteiger partial charge in [0.2, 0.25) is 0 Å². The lowest BCUT2D eigenvalue weighted by molar-refractivity contribution is 0.415. The second-order valence-corrected chi connectivity index (χ2v) is 3.62. The Labute approximate surface area is 86.3 Å². The fraction of sp³-hybridized carbons (Fsp3) is 0.500. The molecular formula is C12H19NO. The molecule has 2 nitrogen and oxygen atoms in total. The fourth-order valence-electron chi connectivity index (χ4n) is 1.15. The molecule has 1 rings (SSSR count). The van der Waals surface area contributed by atoms with Crippen LogP contribution in [0.5, 0.6) is 5.75 Å². The highest BCUT2D eigenvalue weighted by molar-refractivity contribution is 5.46. The average molecular weight is 193 g/mol. The van der Waals surface area contributed by atoms with Gasteiger partial charge in [-0.2, -0.15) is 0 Å². The number of rotatable bonds is 5. The zero-order chi connectivity index (χ0) is 10.4.